The number of nitrogens with two attached hydrogens (primary N) is 1. The van der Waals surface area contributed by atoms with Gasteiger partial charge in [0.2, 0.25) is 6.17 Å². The Bertz CT molecular complexity index is 1290. The molecule has 1 fully saturated rings. The van der Waals surface area contributed by atoms with Crippen molar-refractivity contribution in [2.24, 2.45) is 11.3 Å². The summed E-state index contributed by atoms with van der Waals surface area (Å²) in [6.45, 7) is 6.00. The quantitative estimate of drug-likeness (QED) is 0.284. The second-order valence-corrected chi connectivity index (χ2v) is 9.85. The molecule has 9 heteroatoms. The number of carbonyl (C=O) groups is 1. The Kier molecular flexibility index (Phi) is 7.71. The molecule has 202 valence electrons. The zero-order valence-electron chi connectivity index (χ0n) is 21.6. The highest BCUT2D eigenvalue weighted by molar-refractivity contribution is 5.75. The molecule has 2 aliphatic rings. The fraction of sp³-hybridized carbons (Fsp3) is 0.379. The molecule has 1 saturated carbocycles. The van der Waals surface area contributed by atoms with Gasteiger partial charge < -0.3 is 14.9 Å². The Morgan fingerprint density at radius 3 is 2.66 bits per heavy atom. The standard InChI is InChI=1S/C29H33F2N3O4/c1-4-18-17-28(5-2)19(16-23(18)34(32)21-8-6-20(30)7-9-21)10-13-29(28,37)14-11-22-25(26(31)27(35)36)24(38-3)12-15-33-22/h4,6-9,12,15-16,26,37H,1,5,10-11,13-14,17,32H2,2-3H3,(H,35,36). The molecule has 7 nitrogen and oxygen atoms in total. The number of aliphatic carboxylic acids is 1. The smallest absolute Gasteiger partial charge is 0.343 e. The van der Waals surface area contributed by atoms with Gasteiger partial charge >= 0.3 is 5.97 Å². The maximum absolute atomic E-state index is 14.7. The lowest BCUT2D eigenvalue weighted by Gasteiger charge is -2.46. The third-order valence-electron chi connectivity index (χ3n) is 8.16. The number of aromatic nitrogens is 1. The largest absolute Gasteiger partial charge is 0.496 e. The molecule has 3 atom stereocenters. The number of aliphatic hydroxyl groups is 1. The summed E-state index contributed by atoms with van der Waals surface area (Å²) < 4.78 is 33.4. The Balaban J connectivity index is 1.66. The van der Waals surface area contributed by atoms with E-state index in [-0.39, 0.29) is 35.7 Å². The summed E-state index contributed by atoms with van der Waals surface area (Å²) in [6, 6.07) is 7.31. The van der Waals surface area contributed by atoms with Gasteiger partial charge in [-0.1, -0.05) is 25.2 Å². The highest BCUT2D eigenvalue weighted by Gasteiger charge is 2.56. The van der Waals surface area contributed by atoms with E-state index >= 15 is 0 Å². The number of pyridine rings is 1. The molecule has 1 aromatic heterocycles. The highest BCUT2D eigenvalue weighted by atomic mass is 19.1. The number of fused-ring (bicyclic) bond motifs is 1. The average molecular weight is 526 g/mol. The van der Waals surface area contributed by atoms with Crippen LogP contribution in [0.2, 0.25) is 0 Å². The van der Waals surface area contributed by atoms with Crippen molar-refractivity contribution < 1.29 is 28.5 Å². The number of carboxylic acids is 1. The molecule has 38 heavy (non-hydrogen) atoms. The lowest BCUT2D eigenvalue weighted by Crippen LogP contribution is -2.47. The number of nitrogens with zero attached hydrogens (tertiary/aromatic N) is 2. The van der Waals surface area contributed by atoms with E-state index in [2.05, 4.69) is 11.6 Å². The van der Waals surface area contributed by atoms with E-state index in [0.29, 0.717) is 31.4 Å². The van der Waals surface area contributed by atoms with E-state index in [1.165, 1.54) is 36.5 Å². The number of alkyl halides is 1. The first-order chi connectivity index (χ1) is 18.1. The molecule has 2 aromatic rings. The molecule has 0 radical (unpaired) electrons. The van der Waals surface area contributed by atoms with E-state index in [9.17, 15) is 23.8 Å². The molecule has 1 heterocycles. The molecule has 0 aliphatic heterocycles. The predicted molar refractivity (Wildman–Crippen MR) is 140 cm³/mol. The Morgan fingerprint density at radius 2 is 2.05 bits per heavy atom. The third-order valence-corrected chi connectivity index (χ3v) is 8.16. The lowest BCUT2D eigenvalue weighted by molar-refractivity contribution is -0.143. The predicted octanol–water partition coefficient (Wildman–Crippen LogP) is 5.33. The molecule has 2 aliphatic carbocycles. The van der Waals surface area contributed by atoms with Crippen LogP contribution in [-0.4, -0.2) is 33.9 Å². The minimum absolute atomic E-state index is 0.108. The molecule has 0 spiro atoms. The average Bonchev–Trinajstić information content (AvgIpc) is 3.22. The number of hydrazine groups is 1. The van der Waals surface area contributed by atoms with Gasteiger partial charge in [0, 0.05) is 11.6 Å². The monoisotopic (exact) mass is 525 g/mol. The van der Waals surface area contributed by atoms with Gasteiger partial charge in [-0.3, -0.25) is 9.99 Å². The van der Waals surface area contributed by atoms with Crippen molar-refractivity contribution in [1.29, 1.82) is 0 Å². The van der Waals surface area contributed by atoms with Crippen LogP contribution in [0.15, 0.2) is 72.1 Å². The van der Waals surface area contributed by atoms with Gasteiger partial charge in [0.15, 0.2) is 0 Å². The Morgan fingerprint density at radius 1 is 1.34 bits per heavy atom. The maximum Gasteiger partial charge on any atom is 0.343 e. The summed E-state index contributed by atoms with van der Waals surface area (Å²) in [5.41, 5.74) is 1.60. The number of methoxy groups -OCH3 is 1. The van der Waals surface area contributed by atoms with Crippen LogP contribution >= 0.6 is 0 Å². The minimum Gasteiger partial charge on any atom is -0.496 e. The van der Waals surface area contributed by atoms with Gasteiger partial charge in [-0.2, -0.15) is 0 Å². The normalized spacial score (nSPS) is 23.5. The van der Waals surface area contributed by atoms with Crippen molar-refractivity contribution >= 4 is 11.7 Å². The molecule has 1 aromatic carbocycles. The van der Waals surface area contributed by atoms with Crippen LogP contribution in [0, 0.1) is 11.2 Å². The van der Waals surface area contributed by atoms with Crippen molar-refractivity contribution in [3.8, 4) is 5.75 Å². The van der Waals surface area contributed by atoms with Crippen LogP contribution < -0.4 is 15.6 Å². The van der Waals surface area contributed by atoms with Gasteiger partial charge in [-0.15, -0.1) is 0 Å². The fourth-order valence-electron chi connectivity index (χ4n) is 6.06. The number of benzene rings is 1. The summed E-state index contributed by atoms with van der Waals surface area (Å²) in [5, 5.41) is 22.9. The van der Waals surface area contributed by atoms with Gasteiger partial charge in [0.25, 0.3) is 0 Å². The first-order valence-electron chi connectivity index (χ1n) is 12.6. The van der Waals surface area contributed by atoms with Crippen LogP contribution in [-0.2, 0) is 11.2 Å². The topological polar surface area (TPSA) is 109 Å². The molecule has 0 amide bonds. The van der Waals surface area contributed by atoms with E-state index in [1.807, 2.05) is 13.0 Å². The third kappa shape index (κ3) is 4.61. The molecule has 0 saturated heterocycles. The number of rotatable bonds is 10. The second kappa shape index (κ2) is 10.7. The fourth-order valence-corrected chi connectivity index (χ4v) is 6.06. The van der Waals surface area contributed by atoms with Crippen LogP contribution in [0.3, 0.4) is 0 Å². The van der Waals surface area contributed by atoms with E-state index < -0.39 is 23.2 Å². The summed E-state index contributed by atoms with van der Waals surface area (Å²) >= 11 is 0. The number of hydrogen-bond acceptors (Lipinski definition) is 6. The van der Waals surface area contributed by atoms with E-state index in [4.69, 9.17) is 10.6 Å². The van der Waals surface area contributed by atoms with Crippen molar-refractivity contribution in [3.63, 3.8) is 0 Å². The van der Waals surface area contributed by atoms with Gasteiger partial charge in [-0.05, 0) is 80.5 Å². The zero-order valence-corrected chi connectivity index (χ0v) is 21.6. The highest BCUT2D eigenvalue weighted by Crippen LogP contribution is 2.60. The van der Waals surface area contributed by atoms with E-state index in [0.717, 1.165) is 16.8 Å². The lowest BCUT2D eigenvalue weighted by atomic mass is 9.62. The first kappa shape index (κ1) is 27.5. The van der Waals surface area contributed by atoms with Crippen LogP contribution in [0.4, 0.5) is 14.5 Å². The number of anilines is 1. The van der Waals surface area contributed by atoms with Gasteiger partial charge in [0.05, 0.1) is 35.4 Å². The molecule has 0 bridgehead atoms. The number of aryl methyl sites for hydroxylation is 1. The van der Waals surface area contributed by atoms with Gasteiger partial charge in [0.1, 0.15) is 11.6 Å². The number of ether oxygens (including phenoxy) is 1. The molecule has 4 N–H and O–H groups in total. The summed E-state index contributed by atoms with van der Waals surface area (Å²) in [4.78, 5) is 15.7. The SMILES string of the molecule is C=CC1=C(N(N)c2ccc(F)cc2)C=C2CCC(O)(CCc3nccc(OC)c3C(F)C(=O)O)C2(CC)C1. The summed E-state index contributed by atoms with van der Waals surface area (Å²) in [7, 11) is 1.35. The zero-order chi connectivity index (χ0) is 27.7. The number of allylic oxidation sites excluding steroid dienone is 3. The molecule has 4 rings (SSSR count). The maximum atomic E-state index is 14.7. The molecule has 3 unspecified atom stereocenters. The van der Waals surface area contributed by atoms with Crippen molar-refractivity contribution in [2.75, 3.05) is 12.1 Å². The number of hydrogen-bond donors (Lipinski definition) is 3. The van der Waals surface area contributed by atoms with Gasteiger partial charge in [-0.25, -0.2) is 19.4 Å². The van der Waals surface area contributed by atoms with Crippen molar-refractivity contribution in [1.82, 2.24) is 4.98 Å². The Labute approximate surface area is 220 Å². The van der Waals surface area contributed by atoms with Crippen LogP contribution in [0.25, 0.3) is 0 Å². The number of halogens is 2. The van der Waals surface area contributed by atoms with Crippen LogP contribution in [0.5, 0.6) is 5.75 Å². The Hall–Kier alpha value is -3.56. The minimum atomic E-state index is -2.29. The summed E-state index contributed by atoms with van der Waals surface area (Å²) in [6.07, 6.45) is 5.52. The number of carboxylic acid groups (broad SMARTS) is 1. The molecular weight excluding hydrogens is 492 g/mol. The summed E-state index contributed by atoms with van der Waals surface area (Å²) in [5.74, 6) is 4.57. The van der Waals surface area contributed by atoms with Crippen molar-refractivity contribution in [3.05, 3.63) is 89.2 Å². The molecular formula is C29H33F2N3O4. The first-order valence-corrected chi connectivity index (χ1v) is 12.6. The van der Waals surface area contributed by atoms with Crippen molar-refractivity contribution in [2.45, 2.75) is 57.2 Å². The van der Waals surface area contributed by atoms with E-state index in [1.54, 1.807) is 18.2 Å². The van der Waals surface area contributed by atoms with Crippen LogP contribution in [0.1, 0.15) is 56.5 Å². The second-order valence-electron chi connectivity index (χ2n) is 9.85.